The Hall–Kier alpha value is -1.75. The van der Waals surface area contributed by atoms with Crippen LogP contribution >= 0.6 is 21.0 Å². The Kier molecular flexibility index (Phi) is 2.58. The second-order valence-electron chi connectivity index (χ2n) is 4.33. The molecule has 0 unspecified atom stereocenters. The van der Waals surface area contributed by atoms with E-state index in [1.165, 1.54) is 5.39 Å². The number of furan rings is 1. The number of nitrogens with zero attached hydrogens (tertiary/aromatic N) is 1. The number of benzene rings is 2. The van der Waals surface area contributed by atoms with Crippen molar-refractivity contribution in [2.75, 3.05) is 0 Å². The summed E-state index contributed by atoms with van der Waals surface area (Å²) in [5.41, 5.74) is 4.02. The monoisotopic (exact) mass is 359 g/mol. The fourth-order valence-electron chi connectivity index (χ4n) is 2.35. The summed E-state index contributed by atoms with van der Waals surface area (Å²) in [6, 6.07) is 14.4. The van der Waals surface area contributed by atoms with E-state index in [2.05, 4.69) is 43.6 Å². The lowest BCUT2D eigenvalue weighted by Gasteiger charge is -2.03. The normalized spacial score (nSPS) is 14.6. The SMILES string of the molecule is C1=CI=NC(c2cccc3c2oc2ccccc23)=C1. The van der Waals surface area contributed by atoms with Crippen LogP contribution in [0.1, 0.15) is 5.56 Å². The fourth-order valence-corrected chi connectivity index (χ4v) is 3.63. The molecule has 0 N–H and O–H groups in total. The highest BCUT2D eigenvalue weighted by atomic mass is 127. The zero-order valence-corrected chi connectivity index (χ0v) is 12.2. The summed E-state index contributed by atoms with van der Waals surface area (Å²) in [7, 11) is 0. The van der Waals surface area contributed by atoms with Crippen molar-refractivity contribution < 1.29 is 4.42 Å². The van der Waals surface area contributed by atoms with Gasteiger partial charge in [0, 0.05) is 37.4 Å². The Bertz CT molecular complexity index is 871. The first-order chi connectivity index (χ1) is 9.43. The van der Waals surface area contributed by atoms with E-state index < -0.39 is 0 Å². The van der Waals surface area contributed by atoms with Gasteiger partial charge in [-0.1, -0.05) is 36.4 Å². The number of para-hydroxylation sites is 2. The van der Waals surface area contributed by atoms with Crippen LogP contribution in [-0.2, 0) is 0 Å². The molecule has 1 aliphatic rings. The molecule has 19 heavy (non-hydrogen) atoms. The van der Waals surface area contributed by atoms with E-state index in [9.17, 15) is 0 Å². The van der Waals surface area contributed by atoms with E-state index in [0.29, 0.717) is 0 Å². The summed E-state index contributed by atoms with van der Waals surface area (Å²) in [6.45, 7) is 0. The topological polar surface area (TPSA) is 25.5 Å². The van der Waals surface area contributed by atoms with Crippen molar-refractivity contribution in [3.05, 3.63) is 64.3 Å². The molecule has 1 aromatic heterocycles. The molecule has 92 valence electrons. The van der Waals surface area contributed by atoms with Crippen molar-refractivity contribution >= 4 is 48.7 Å². The first-order valence-corrected chi connectivity index (χ1v) is 8.26. The van der Waals surface area contributed by atoms with Crippen LogP contribution in [0.3, 0.4) is 0 Å². The van der Waals surface area contributed by atoms with Crippen molar-refractivity contribution in [3.63, 3.8) is 0 Å². The molecule has 0 aliphatic carbocycles. The molecule has 2 heterocycles. The molecular weight excluding hydrogens is 349 g/mol. The molecule has 0 spiro atoms. The molecule has 0 bridgehead atoms. The minimum absolute atomic E-state index is 0.198. The Morgan fingerprint density at radius 2 is 1.84 bits per heavy atom. The standard InChI is InChI=1S/C16H10INO/c1-2-9-15-11(5-1)12-6-3-7-13(16(12)19-15)14-8-4-10-17-18-14/h1-10H. The summed E-state index contributed by atoms with van der Waals surface area (Å²) in [6.07, 6.45) is 4.16. The van der Waals surface area contributed by atoms with Crippen LogP contribution in [0.25, 0.3) is 27.6 Å². The van der Waals surface area contributed by atoms with E-state index in [0.717, 1.165) is 27.8 Å². The van der Waals surface area contributed by atoms with Gasteiger partial charge in [0.05, 0.1) is 5.70 Å². The summed E-state index contributed by atoms with van der Waals surface area (Å²) >= 11 is -0.198. The van der Waals surface area contributed by atoms with Gasteiger partial charge in [0.15, 0.2) is 0 Å². The van der Waals surface area contributed by atoms with Crippen molar-refractivity contribution in [1.29, 1.82) is 0 Å². The summed E-state index contributed by atoms with van der Waals surface area (Å²) in [5.74, 6) is 0. The number of rotatable bonds is 1. The predicted molar refractivity (Wildman–Crippen MR) is 87.3 cm³/mol. The van der Waals surface area contributed by atoms with Crippen LogP contribution in [0.2, 0.25) is 0 Å². The molecule has 0 saturated heterocycles. The molecule has 3 heteroatoms. The van der Waals surface area contributed by atoms with Crippen LogP contribution in [0.4, 0.5) is 0 Å². The smallest absolute Gasteiger partial charge is 0.144 e. The van der Waals surface area contributed by atoms with Crippen LogP contribution in [0.15, 0.2) is 66.3 Å². The minimum Gasteiger partial charge on any atom is -0.455 e. The lowest BCUT2D eigenvalue weighted by Crippen LogP contribution is -1.81. The van der Waals surface area contributed by atoms with E-state index in [-0.39, 0.29) is 21.0 Å². The Morgan fingerprint density at radius 3 is 2.74 bits per heavy atom. The molecule has 4 rings (SSSR count). The van der Waals surface area contributed by atoms with Gasteiger partial charge < -0.3 is 4.42 Å². The van der Waals surface area contributed by atoms with Gasteiger partial charge in [0.2, 0.25) is 0 Å². The van der Waals surface area contributed by atoms with E-state index in [1.54, 1.807) is 0 Å². The third-order valence-corrected chi connectivity index (χ3v) is 4.74. The molecule has 0 saturated carbocycles. The fraction of sp³-hybridized carbons (Fsp3) is 0. The lowest BCUT2D eigenvalue weighted by molar-refractivity contribution is 0.667. The van der Waals surface area contributed by atoms with Crippen LogP contribution in [-0.4, -0.2) is 0 Å². The Balaban J connectivity index is 2.09. The first-order valence-electron chi connectivity index (χ1n) is 6.05. The van der Waals surface area contributed by atoms with Crippen molar-refractivity contribution in [1.82, 2.24) is 0 Å². The van der Waals surface area contributed by atoms with Crippen LogP contribution < -0.4 is 0 Å². The maximum Gasteiger partial charge on any atom is 0.144 e. The quantitative estimate of drug-likeness (QED) is 0.519. The van der Waals surface area contributed by atoms with E-state index >= 15 is 0 Å². The van der Waals surface area contributed by atoms with Gasteiger partial charge >= 0.3 is 0 Å². The van der Waals surface area contributed by atoms with Crippen LogP contribution in [0, 0.1) is 0 Å². The van der Waals surface area contributed by atoms with E-state index in [1.807, 2.05) is 18.2 Å². The van der Waals surface area contributed by atoms with Gasteiger partial charge in [-0.15, -0.1) is 0 Å². The predicted octanol–water partition coefficient (Wildman–Crippen LogP) is 5.61. The van der Waals surface area contributed by atoms with Gasteiger partial charge in [-0.05, 0) is 22.3 Å². The van der Waals surface area contributed by atoms with Gasteiger partial charge in [-0.3, -0.25) is 0 Å². The second-order valence-corrected chi connectivity index (χ2v) is 6.09. The van der Waals surface area contributed by atoms with Crippen molar-refractivity contribution in [2.24, 2.45) is 3.15 Å². The summed E-state index contributed by atoms with van der Waals surface area (Å²) in [5, 5.41) is 2.33. The molecule has 0 radical (unpaired) electrons. The lowest BCUT2D eigenvalue weighted by atomic mass is 10.1. The second kappa shape index (κ2) is 4.42. The highest BCUT2D eigenvalue weighted by Gasteiger charge is 2.12. The maximum atomic E-state index is 6.02. The number of allylic oxidation sites excluding steroid dienone is 2. The molecule has 0 amide bonds. The molecule has 0 fully saturated rings. The number of hydrogen-bond donors (Lipinski definition) is 0. The zero-order chi connectivity index (χ0) is 12.7. The number of halogens is 1. The third-order valence-electron chi connectivity index (χ3n) is 3.20. The number of hydrogen-bond acceptors (Lipinski definition) is 2. The molecule has 1 aliphatic heterocycles. The molecular formula is C16H10INO. The third kappa shape index (κ3) is 1.76. The average molecular weight is 359 g/mol. The zero-order valence-electron chi connectivity index (χ0n) is 10.0. The molecule has 0 atom stereocenters. The highest BCUT2D eigenvalue weighted by molar-refractivity contribution is 14.2. The first kappa shape index (κ1) is 11.1. The van der Waals surface area contributed by atoms with Crippen molar-refractivity contribution in [2.45, 2.75) is 0 Å². The minimum atomic E-state index is -0.198. The number of fused-ring (bicyclic) bond motifs is 3. The molecule has 2 aromatic carbocycles. The Labute approximate surface area is 120 Å². The maximum absolute atomic E-state index is 6.02. The van der Waals surface area contributed by atoms with Gasteiger partial charge in [0.1, 0.15) is 11.2 Å². The van der Waals surface area contributed by atoms with Gasteiger partial charge in [-0.25, -0.2) is 3.15 Å². The summed E-state index contributed by atoms with van der Waals surface area (Å²) in [4.78, 5) is 0. The van der Waals surface area contributed by atoms with E-state index in [4.69, 9.17) is 4.42 Å². The summed E-state index contributed by atoms with van der Waals surface area (Å²) < 4.78 is 12.8. The molecule has 3 aromatic rings. The van der Waals surface area contributed by atoms with Crippen LogP contribution in [0.5, 0.6) is 0 Å². The molecule has 2 nitrogen and oxygen atoms in total. The average Bonchev–Trinajstić information content (AvgIpc) is 2.87. The van der Waals surface area contributed by atoms with Gasteiger partial charge in [-0.2, -0.15) is 0 Å². The highest BCUT2D eigenvalue weighted by Crippen LogP contribution is 2.35. The van der Waals surface area contributed by atoms with Crippen molar-refractivity contribution in [3.8, 4) is 0 Å². The van der Waals surface area contributed by atoms with Gasteiger partial charge in [0.25, 0.3) is 0 Å². The largest absolute Gasteiger partial charge is 0.455 e. The Morgan fingerprint density at radius 1 is 0.947 bits per heavy atom.